The van der Waals surface area contributed by atoms with Gasteiger partial charge in [0.1, 0.15) is 0 Å². The van der Waals surface area contributed by atoms with Gasteiger partial charge in [-0.2, -0.15) is 0 Å². The van der Waals surface area contributed by atoms with Crippen LogP contribution >= 0.6 is 0 Å². The molecule has 1 atom stereocenters. The van der Waals surface area contributed by atoms with E-state index >= 15 is 0 Å². The molecule has 1 fully saturated rings. The van der Waals surface area contributed by atoms with Crippen molar-refractivity contribution in [1.29, 1.82) is 0 Å². The number of hydrogen-bond donors (Lipinski definition) is 2. The smallest absolute Gasteiger partial charge is 0.0467 e. The summed E-state index contributed by atoms with van der Waals surface area (Å²) in [5.74, 6) is 0. The summed E-state index contributed by atoms with van der Waals surface area (Å²) in [4.78, 5) is 2.17. The molecule has 0 aromatic heterocycles. The summed E-state index contributed by atoms with van der Waals surface area (Å²) in [6.07, 6.45) is 0. The fourth-order valence-electron chi connectivity index (χ4n) is 2.06. The van der Waals surface area contributed by atoms with E-state index in [9.17, 15) is 0 Å². The highest BCUT2D eigenvalue weighted by Gasteiger charge is 2.17. The first-order valence-electron chi connectivity index (χ1n) is 5.49. The van der Waals surface area contributed by atoms with Crippen LogP contribution in [0, 0.1) is 0 Å². The van der Waals surface area contributed by atoms with Crippen molar-refractivity contribution in [2.24, 2.45) is 0 Å². The monoisotopic (exact) mass is 205 g/mol. The van der Waals surface area contributed by atoms with Crippen LogP contribution in [0.4, 0.5) is 5.69 Å². The maximum absolute atomic E-state index is 3.54. The van der Waals surface area contributed by atoms with Crippen molar-refractivity contribution in [1.82, 2.24) is 10.6 Å². The van der Waals surface area contributed by atoms with Crippen molar-refractivity contribution in [2.45, 2.75) is 6.04 Å². The molecular weight excluding hydrogens is 186 g/mol. The maximum atomic E-state index is 3.54. The average molecular weight is 205 g/mol. The second-order valence-electron chi connectivity index (χ2n) is 4.16. The van der Waals surface area contributed by atoms with Crippen LogP contribution in [0.2, 0.25) is 0 Å². The van der Waals surface area contributed by atoms with Gasteiger partial charge < -0.3 is 15.5 Å². The van der Waals surface area contributed by atoms with Gasteiger partial charge in [-0.1, -0.05) is 18.2 Å². The Bertz CT molecular complexity index is 316. The Kier molecular flexibility index (Phi) is 3.23. The van der Waals surface area contributed by atoms with Crippen LogP contribution in [-0.4, -0.2) is 33.7 Å². The van der Waals surface area contributed by atoms with Gasteiger partial charge in [-0.15, -0.1) is 0 Å². The predicted octanol–water partition coefficient (Wildman–Crippen LogP) is 0.986. The number of anilines is 1. The zero-order chi connectivity index (χ0) is 10.7. The minimum atomic E-state index is 0.442. The highest BCUT2D eigenvalue weighted by molar-refractivity contribution is 5.54. The summed E-state index contributed by atoms with van der Waals surface area (Å²) in [7, 11) is 4.18. The number of rotatable bonds is 2. The van der Waals surface area contributed by atoms with Gasteiger partial charge in [0.05, 0.1) is 0 Å². The number of nitrogens with zero attached hydrogens (tertiary/aromatic N) is 1. The molecule has 1 unspecified atom stereocenters. The van der Waals surface area contributed by atoms with E-state index in [1.807, 2.05) is 0 Å². The lowest BCUT2D eigenvalue weighted by Crippen LogP contribution is -2.43. The molecule has 0 spiro atoms. The molecule has 1 aromatic carbocycles. The van der Waals surface area contributed by atoms with Crippen molar-refractivity contribution in [3.8, 4) is 0 Å². The summed E-state index contributed by atoms with van der Waals surface area (Å²) in [6, 6.07) is 9.02. The molecule has 82 valence electrons. The van der Waals surface area contributed by atoms with Crippen LogP contribution < -0.4 is 15.5 Å². The second kappa shape index (κ2) is 4.64. The molecule has 1 aliphatic heterocycles. The lowest BCUT2D eigenvalue weighted by atomic mass is 10.0. The van der Waals surface area contributed by atoms with E-state index in [2.05, 4.69) is 53.9 Å². The molecule has 0 amide bonds. The largest absolute Gasteiger partial charge is 0.377 e. The molecule has 0 saturated carbocycles. The fraction of sp³-hybridized carbons (Fsp3) is 0.500. The number of nitrogens with one attached hydrogen (secondary N) is 2. The van der Waals surface area contributed by atoms with Gasteiger partial charge in [0.15, 0.2) is 0 Å². The topological polar surface area (TPSA) is 27.3 Å². The molecule has 2 rings (SSSR count). The van der Waals surface area contributed by atoms with E-state index in [0.717, 1.165) is 19.6 Å². The van der Waals surface area contributed by atoms with Crippen molar-refractivity contribution < 1.29 is 0 Å². The summed E-state index contributed by atoms with van der Waals surface area (Å²) in [5.41, 5.74) is 2.69. The first-order valence-corrected chi connectivity index (χ1v) is 5.49. The molecule has 1 aromatic rings. The zero-order valence-electron chi connectivity index (χ0n) is 9.46. The molecule has 2 N–H and O–H groups in total. The minimum absolute atomic E-state index is 0.442. The summed E-state index contributed by atoms with van der Waals surface area (Å²) < 4.78 is 0. The molecule has 1 heterocycles. The van der Waals surface area contributed by atoms with Crippen LogP contribution in [0.3, 0.4) is 0 Å². The van der Waals surface area contributed by atoms with E-state index < -0.39 is 0 Å². The van der Waals surface area contributed by atoms with E-state index in [0.29, 0.717) is 6.04 Å². The first-order chi connectivity index (χ1) is 7.29. The lowest BCUT2D eigenvalue weighted by molar-refractivity contribution is 0.430. The normalized spacial score (nSPS) is 21.3. The lowest BCUT2D eigenvalue weighted by Gasteiger charge is -2.28. The number of piperazine rings is 1. The van der Waals surface area contributed by atoms with E-state index in [-0.39, 0.29) is 0 Å². The number of benzene rings is 1. The minimum Gasteiger partial charge on any atom is -0.377 e. The predicted molar refractivity (Wildman–Crippen MR) is 64.4 cm³/mol. The van der Waals surface area contributed by atoms with Gasteiger partial charge in [0, 0.05) is 45.5 Å². The maximum Gasteiger partial charge on any atom is 0.0467 e. The third kappa shape index (κ3) is 2.30. The molecule has 0 radical (unpaired) electrons. The van der Waals surface area contributed by atoms with Gasteiger partial charge in [-0.25, -0.2) is 0 Å². The molecule has 0 aliphatic carbocycles. The Morgan fingerprint density at radius 3 is 2.67 bits per heavy atom. The Balaban J connectivity index is 2.25. The Hall–Kier alpha value is -1.06. The van der Waals surface area contributed by atoms with E-state index in [4.69, 9.17) is 0 Å². The Morgan fingerprint density at radius 1 is 1.20 bits per heavy atom. The third-order valence-electron chi connectivity index (χ3n) is 2.83. The summed E-state index contributed by atoms with van der Waals surface area (Å²) in [5, 5.41) is 6.96. The van der Waals surface area contributed by atoms with Crippen molar-refractivity contribution in [3.63, 3.8) is 0 Å². The molecule has 1 aliphatic rings. The number of hydrogen-bond acceptors (Lipinski definition) is 3. The van der Waals surface area contributed by atoms with Crippen molar-refractivity contribution in [2.75, 3.05) is 38.6 Å². The standard InChI is InChI=1S/C12H19N3/c1-15(2)12-6-4-3-5-10(12)11-9-13-7-8-14-11/h3-6,11,13-14H,7-9H2,1-2H3. The van der Waals surface area contributed by atoms with E-state index in [1.54, 1.807) is 0 Å². The first kappa shape index (κ1) is 10.5. The average Bonchev–Trinajstić information content (AvgIpc) is 2.30. The molecule has 3 heteroatoms. The fourth-order valence-corrected chi connectivity index (χ4v) is 2.06. The quantitative estimate of drug-likeness (QED) is 0.754. The van der Waals surface area contributed by atoms with Crippen molar-refractivity contribution in [3.05, 3.63) is 29.8 Å². The Labute approximate surface area is 91.5 Å². The SMILES string of the molecule is CN(C)c1ccccc1C1CNCCN1. The molecule has 15 heavy (non-hydrogen) atoms. The second-order valence-corrected chi connectivity index (χ2v) is 4.16. The summed E-state index contributed by atoms with van der Waals surface area (Å²) >= 11 is 0. The molecule has 0 bridgehead atoms. The molecular formula is C12H19N3. The van der Waals surface area contributed by atoms with Crippen LogP contribution in [0.15, 0.2) is 24.3 Å². The van der Waals surface area contributed by atoms with Crippen LogP contribution in [-0.2, 0) is 0 Å². The van der Waals surface area contributed by atoms with Gasteiger partial charge in [-0.05, 0) is 11.6 Å². The highest BCUT2D eigenvalue weighted by Crippen LogP contribution is 2.24. The van der Waals surface area contributed by atoms with Crippen LogP contribution in [0.25, 0.3) is 0 Å². The van der Waals surface area contributed by atoms with Gasteiger partial charge in [0.2, 0.25) is 0 Å². The highest BCUT2D eigenvalue weighted by atomic mass is 15.1. The van der Waals surface area contributed by atoms with Crippen molar-refractivity contribution >= 4 is 5.69 Å². The van der Waals surface area contributed by atoms with Crippen LogP contribution in [0.1, 0.15) is 11.6 Å². The van der Waals surface area contributed by atoms with Gasteiger partial charge >= 0.3 is 0 Å². The van der Waals surface area contributed by atoms with Crippen LogP contribution in [0.5, 0.6) is 0 Å². The molecule has 3 nitrogen and oxygen atoms in total. The number of para-hydroxylation sites is 1. The summed E-state index contributed by atoms with van der Waals surface area (Å²) in [6.45, 7) is 3.14. The Morgan fingerprint density at radius 2 is 2.00 bits per heavy atom. The third-order valence-corrected chi connectivity index (χ3v) is 2.83. The van der Waals surface area contributed by atoms with Gasteiger partial charge in [-0.3, -0.25) is 0 Å². The van der Waals surface area contributed by atoms with Gasteiger partial charge in [0.25, 0.3) is 0 Å². The zero-order valence-corrected chi connectivity index (χ0v) is 9.46. The molecule has 1 saturated heterocycles. The van der Waals surface area contributed by atoms with E-state index in [1.165, 1.54) is 11.3 Å².